The molecule has 0 amide bonds. The van der Waals surface area contributed by atoms with E-state index in [0.717, 1.165) is 5.56 Å². The standard InChI is InChI=1S/C14H13ClFNO/c15-14-11(5-3-6-12(14)16)9-18-13-7-2-1-4-10(13)8-17/h1-7H,8-9,17H2. The summed E-state index contributed by atoms with van der Waals surface area (Å²) in [4.78, 5) is 0. The van der Waals surface area contributed by atoms with Gasteiger partial charge in [0, 0.05) is 17.7 Å². The van der Waals surface area contributed by atoms with Crippen LogP contribution < -0.4 is 10.5 Å². The fourth-order valence-corrected chi connectivity index (χ4v) is 1.81. The van der Waals surface area contributed by atoms with Crippen LogP contribution >= 0.6 is 11.6 Å². The third-order valence-corrected chi connectivity index (χ3v) is 3.03. The van der Waals surface area contributed by atoms with Gasteiger partial charge in [0.25, 0.3) is 0 Å². The molecule has 0 saturated heterocycles. The van der Waals surface area contributed by atoms with Crippen molar-refractivity contribution in [1.82, 2.24) is 0 Å². The van der Waals surface area contributed by atoms with E-state index in [2.05, 4.69) is 0 Å². The Kier molecular flexibility index (Phi) is 4.18. The Labute approximate surface area is 110 Å². The van der Waals surface area contributed by atoms with E-state index in [9.17, 15) is 4.39 Å². The molecule has 0 atom stereocenters. The molecule has 0 aromatic heterocycles. The van der Waals surface area contributed by atoms with Crippen molar-refractivity contribution in [2.45, 2.75) is 13.2 Å². The minimum atomic E-state index is -0.440. The van der Waals surface area contributed by atoms with Gasteiger partial charge < -0.3 is 10.5 Å². The normalized spacial score (nSPS) is 10.4. The van der Waals surface area contributed by atoms with Crippen LogP contribution in [0.1, 0.15) is 11.1 Å². The second-order valence-corrected chi connectivity index (χ2v) is 4.19. The predicted molar refractivity (Wildman–Crippen MR) is 70.1 cm³/mol. The lowest BCUT2D eigenvalue weighted by atomic mass is 10.2. The van der Waals surface area contributed by atoms with Gasteiger partial charge in [0.1, 0.15) is 18.2 Å². The van der Waals surface area contributed by atoms with Gasteiger partial charge in [-0.15, -0.1) is 0 Å². The Morgan fingerprint density at radius 3 is 2.56 bits per heavy atom. The number of benzene rings is 2. The molecule has 2 aromatic carbocycles. The fourth-order valence-electron chi connectivity index (χ4n) is 1.63. The Morgan fingerprint density at radius 2 is 1.78 bits per heavy atom. The first kappa shape index (κ1) is 12.9. The summed E-state index contributed by atoms with van der Waals surface area (Å²) in [6.45, 7) is 0.612. The molecule has 0 unspecified atom stereocenters. The monoisotopic (exact) mass is 265 g/mol. The molecule has 4 heteroatoms. The van der Waals surface area contributed by atoms with E-state index >= 15 is 0 Å². The maximum atomic E-state index is 13.2. The van der Waals surface area contributed by atoms with Gasteiger partial charge >= 0.3 is 0 Å². The second kappa shape index (κ2) is 5.85. The van der Waals surface area contributed by atoms with Gasteiger partial charge in [-0.2, -0.15) is 0 Å². The average Bonchev–Trinajstić information content (AvgIpc) is 2.41. The lowest BCUT2D eigenvalue weighted by Gasteiger charge is -2.11. The largest absolute Gasteiger partial charge is 0.489 e. The molecule has 2 rings (SSSR count). The zero-order chi connectivity index (χ0) is 13.0. The summed E-state index contributed by atoms with van der Waals surface area (Å²) in [6, 6.07) is 12.1. The van der Waals surface area contributed by atoms with Gasteiger partial charge in [-0.25, -0.2) is 4.39 Å². The SMILES string of the molecule is NCc1ccccc1OCc1cccc(F)c1Cl. The predicted octanol–water partition coefficient (Wildman–Crippen LogP) is 3.52. The van der Waals surface area contributed by atoms with Crippen molar-refractivity contribution in [3.8, 4) is 5.75 Å². The van der Waals surface area contributed by atoms with Crippen molar-refractivity contribution in [2.24, 2.45) is 5.73 Å². The summed E-state index contributed by atoms with van der Waals surface area (Å²) < 4.78 is 18.9. The summed E-state index contributed by atoms with van der Waals surface area (Å²) in [5, 5.41) is 0.0997. The molecular weight excluding hydrogens is 253 g/mol. The van der Waals surface area contributed by atoms with Crippen LogP contribution in [0, 0.1) is 5.82 Å². The molecule has 0 spiro atoms. The van der Waals surface area contributed by atoms with Crippen LogP contribution in [0.25, 0.3) is 0 Å². The number of halogens is 2. The molecule has 0 aliphatic heterocycles. The van der Waals surface area contributed by atoms with E-state index in [1.165, 1.54) is 6.07 Å². The zero-order valence-corrected chi connectivity index (χ0v) is 10.5. The van der Waals surface area contributed by atoms with Gasteiger partial charge in [0.05, 0.1) is 5.02 Å². The Balaban J connectivity index is 2.14. The number of rotatable bonds is 4. The highest BCUT2D eigenvalue weighted by Crippen LogP contribution is 2.23. The molecule has 0 fully saturated rings. The van der Waals surface area contributed by atoms with Crippen LogP contribution in [0.3, 0.4) is 0 Å². The zero-order valence-electron chi connectivity index (χ0n) is 9.70. The Bertz CT molecular complexity index is 545. The topological polar surface area (TPSA) is 35.2 Å². The molecule has 0 aliphatic rings. The maximum absolute atomic E-state index is 13.2. The van der Waals surface area contributed by atoms with Gasteiger partial charge in [-0.05, 0) is 12.1 Å². The molecule has 2 nitrogen and oxygen atoms in total. The van der Waals surface area contributed by atoms with Gasteiger partial charge in [0.2, 0.25) is 0 Å². The number of hydrogen-bond acceptors (Lipinski definition) is 2. The quantitative estimate of drug-likeness (QED) is 0.918. The lowest BCUT2D eigenvalue weighted by molar-refractivity contribution is 0.302. The number of hydrogen-bond donors (Lipinski definition) is 1. The maximum Gasteiger partial charge on any atom is 0.142 e. The minimum Gasteiger partial charge on any atom is -0.489 e. The second-order valence-electron chi connectivity index (χ2n) is 3.81. The summed E-state index contributed by atoms with van der Waals surface area (Å²) in [5.41, 5.74) is 7.13. The van der Waals surface area contributed by atoms with Crippen LogP contribution in [-0.4, -0.2) is 0 Å². The van der Waals surface area contributed by atoms with Crippen LogP contribution in [0.5, 0.6) is 5.75 Å². The van der Waals surface area contributed by atoms with Crippen molar-refractivity contribution in [1.29, 1.82) is 0 Å². The molecule has 0 bridgehead atoms. The summed E-state index contributed by atoms with van der Waals surface area (Å²) >= 11 is 5.85. The van der Waals surface area contributed by atoms with E-state index in [1.807, 2.05) is 24.3 Å². The van der Waals surface area contributed by atoms with E-state index in [0.29, 0.717) is 17.9 Å². The molecule has 18 heavy (non-hydrogen) atoms. The lowest BCUT2D eigenvalue weighted by Crippen LogP contribution is -2.03. The molecule has 0 radical (unpaired) electrons. The Morgan fingerprint density at radius 1 is 1.06 bits per heavy atom. The number of nitrogens with two attached hydrogens (primary N) is 1. The molecule has 0 heterocycles. The highest BCUT2D eigenvalue weighted by atomic mass is 35.5. The van der Waals surface area contributed by atoms with Gasteiger partial charge in [-0.1, -0.05) is 41.9 Å². The van der Waals surface area contributed by atoms with Gasteiger partial charge in [-0.3, -0.25) is 0 Å². The Hall–Kier alpha value is -1.58. The first-order valence-corrected chi connectivity index (χ1v) is 5.94. The van der Waals surface area contributed by atoms with Crippen LogP contribution in [0.4, 0.5) is 4.39 Å². The summed E-state index contributed by atoms with van der Waals surface area (Å²) in [7, 11) is 0. The van der Waals surface area contributed by atoms with E-state index in [1.54, 1.807) is 12.1 Å². The number of ether oxygens (including phenoxy) is 1. The van der Waals surface area contributed by atoms with Crippen LogP contribution in [0.15, 0.2) is 42.5 Å². The van der Waals surface area contributed by atoms with Crippen molar-refractivity contribution < 1.29 is 9.13 Å². The van der Waals surface area contributed by atoms with Crippen molar-refractivity contribution in [2.75, 3.05) is 0 Å². The molecule has 2 N–H and O–H groups in total. The third kappa shape index (κ3) is 2.81. The van der Waals surface area contributed by atoms with Crippen molar-refractivity contribution >= 4 is 11.6 Å². The van der Waals surface area contributed by atoms with E-state index < -0.39 is 5.82 Å². The fraction of sp³-hybridized carbons (Fsp3) is 0.143. The first-order chi connectivity index (χ1) is 8.72. The molecular formula is C14H13ClFNO. The van der Waals surface area contributed by atoms with Crippen LogP contribution in [0.2, 0.25) is 5.02 Å². The average molecular weight is 266 g/mol. The molecule has 94 valence electrons. The first-order valence-electron chi connectivity index (χ1n) is 5.56. The summed E-state index contributed by atoms with van der Waals surface area (Å²) in [6.07, 6.45) is 0. The van der Waals surface area contributed by atoms with Crippen molar-refractivity contribution in [3.05, 3.63) is 64.4 Å². The molecule has 2 aromatic rings. The van der Waals surface area contributed by atoms with Crippen molar-refractivity contribution in [3.63, 3.8) is 0 Å². The van der Waals surface area contributed by atoms with Crippen LogP contribution in [-0.2, 0) is 13.2 Å². The summed E-state index contributed by atoms with van der Waals surface area (Å²) in [5.74, 6) is 0.255. The van der Waals surface area contributed by atoms with E-state index in [4.69, 9.17) is 22.1 Å². The highest BCUT2D eigenvalue weighted by molar-refractivity contribution is 6.31. The van der Waals surface area contributed by atoms with E-state index in [-0.39, 0.29) is 11.6 Å². The third-order valence-electron chi connectivity index (χ3n) is 2.61. The molecule has 0 aliphatic carbocycles. The molecule has 0 saturated carbocycles. The minimum absolute atomic E-state index is 0.0997. The van der Waals surface area contributed by atoms with Gasteiger partial charge in [0.15, 0.2) is 0 Å². The highest BCUT2D eigenvalue weighted by Gasteiger charge is 2.07. The smallest absolute Gasteiger partial charge is 0.142 e. The number of para-hydroxylation sites is 1.